The van der Waals surface area contributed by atoms with Crippen LogP contribution in [0.4, 0.5) is 0 Å². The molecule has 0 aliphatic heterocycles. The van der Waals surface area contributed by atoms with Crippen LogP contribution in [0.5, 0.6) is 0 Å². The molecule has 0 amide bonds. The van der Waals surface area contributed by atoms with Crippen LogP contribution in [0.15, 0.2) is 60.8 Å². The molecule has 0 N–H and O–H groups in total. The zero-order valence-corrected chi connectivity index (χ0v) is 18.5. The number of pyridine rings is 1. The van der Waals surface area contributed by atoms with Crippen LogP contribution in [0, 0.1) is 17.2 Å². The number of rotatable bonds is 5. The Labute approximate surface area is 169 Å². The predicted octanol–water partition coefficient (Wildman–Crippen LogP) is 6.03. The van der Waals surface area contributed by atoms with E-state index in [-0.39, 0.29) is 0 Å². The second-order valence-electron chi connectivity index (χ2n) is 8.81. The smallest absolute Gasteiger partial charge is 0.0998 e. The minimum atomic E-state index is -1.45. The van der Waals surface area contributed by atoms with E-state index in [0.717, 1.165) is 28.8 Å². The molecule has 3 rings (SSSR count). The van der Waals surface area contributed by atoms with Gasteiger partial charge in [-0.3, -0.25) is 4.98 Å². The fraction of sp³-hybridized carbons (Fsp3) is 0.280. The Balaban J connectivity index is 2.12. The SMILES string of the molecule is CC(C)Cc1cc(-c2ccc(C#N)c(-c3ccccc3)c2)ncc1[Si](C)(C)C. The molecule has 0 aliphatic carbocycles. The summed E-state index contributed by atoms with van der Waals surface area (Å²) in [5.74, 6) is 0.603. The molecule has 0 saturated carbocycles. The Hall–Kier alpha value is -2.70. The minimum absolute atomic E-state index is 0.603. The molecular formula is C25H28N2Si. The van der Waals surface area contributed by atoms with Gasteiger partial charge in [0.2, 0.25) is 0 Å². The molecule has 0 atom stereocenters. The van der Waals surface area contributed by atoms with E-state index in [9.17, 15) is 5.26 Å². The van der Waals surface area contributed by atoms with E-state index in [1.54, 1.807) is 0 Å². The summed E-state index contributed by atoms with van der Waals surface area (Å²) in [7, 11) is -1.45. The molecule has 0 aliphatic rings. The fourth-order valence-corrected chi connectivity index (χ4v) is 5.19. The Bertz CT molecular complexity index is 1010. The summed E-state index contributed by atoms with van der Waals surface area (Å²) in [6.07, 6.45) is 3.16. The maximum absolute atomic E-state index is 9.55. The van der Waals surface area contributed by atoms with E-state index in [0.29, 0.717) is 11.5 Å². The predicted molar refractivity (Wildman–Crippen MR) is 121 cm³/mol. The van der Waals surface area contributed by atoms with E-state index >= 15 is 0 Å². The number of hydrogen-bond donors (Lipinski definition) is 0. The average molecular weight is 385 g/mol. The molecule has 0 spiro atoms. The Morgan fingerprint density at radius 1 is 0.964 bits per heavy atom. The van der Waals surface area contributed by atoms with Crippen molar-refractivity contribution in [1.29, 1.82) is 5.26 Å². The van der Waals surface area contributed by atoms with Crippen LogP contribution in [0.2, 0.25) is 19.6 Å². The molecule has 1 heterocycles. The molecular weight excluding hydrogens is 356 g/mol. The first kappa shape index (κ1) is 20.0. The quantitative estimate of drug-likeness (QED) is 0.503. The standard InChI is InChI=1S/C25H28N2Si/c1-18(2)13-22-15-24(27-17-25(22)28(3,4)5)20-11-12-21(16-26)23(14-20)19-9-7-6-8-10-19/h6-12,14-15,17-18H,13H2,1-5H3. The number of aromatic nitrogens is 1. The maximum Gasteiger partial charge on any atom is 0.0998 e. The molecule has 0 radical (unpaired) electrons. The van der Waals surface area contributed by atoms with Crippen LogP contribution < -0.4 is 5.19 Å². The van der Waals surface area contributed by atoms with Crippen LogP contribution in [0.25, 0.3) is 22.4 Å². The molecule has 28 heavy (non-hydrogen) atoms. The lowest BCUT2D eigenvalue weighted by Gasteiger charge is -2.22. The van der Waals surface area contributed by atoms with E-state index in [1.165, 1.54) is 10.8 Å². The highest BCUT2D eigenvalue weighted by Crippen LogP contribution is 2.29. The first-order valence-corrected chi connectivity index (χ1v) is 13.4. The van der Waals surface area contributed by atoms with Gasteiger partial charge in [-0.05, 0) is 46.9 Å². The van der Waals surface area contributed by atoms with Crippen molar-refractivity contribution in [3.63, 3.8) is 0 Å². The van der Waals surface area contributed by atoms with E-state index in [2.05, 4.69) is 57.9 Å². The first-order chi connectivity index (χ1) is 13.3. The van der Waals surface area contributed by atoms with Crippen LogP contribution in [0.3, 0.4) is 0 Å². The van der Waals surface area contributed by atoms with Crippen LogP contribution in [0.1, 0.15) is 25.0 Å². The third-order valence-electron chi connectivity index (χ3n) is 4.95. The van der Waals surface area contributed by atoms with Gasteiger partial charge < -0.3 is 0 Å². The summed E-state index contributed by atoms with van der Waals surface area (Å²) in [6, 6.07) is 20.7. The van der Waals surface area contributed by atoms with Gasteiger partial charge in [-0.25, -0.2) is 0 Å². The third kappa shape index (κ3) is 4.40. The van der Waals surface area contributed by atoms with Crippen LogP contribution in [-0.2, 0) is 6.42 Å². The molecule has 0 bridgehead atoms. The van der Waals surface area contributed by atoms with Gasteiger partial charge in [0.15, 0.2) is 0 Å². The molecule has 0 unspecified atom stereocenters. The molecule has 1 aromatic heterocycles. The Kier molecular flexibility index (Phi) is 5.81. The highest BCUT2D eigenvalue weighted by atomic mass is 28.3. The van der Waals surface area contributed by atoms with E-state index < -0.39 is 8.07 Å². The van der Waals surface area contributed by atoms with Gasteiger partial charge in [0, 0.05) is 17.3 Å². The highest BCUT2D eigenvalue weighted by Gasteiger charge is 2.22. The van der Waals surface area contributed by atoms with Crippen molar-refractivity contribution in [1.82, 2.24) is 4.98 Å². The summed E-state index contributed by atoms with van der Waals surface area (Å²) in [6.45, 7) is 11.7. The van der Waals surface area contributed by atoms with Crippen molar-refractivity contribution in [2.45, 2.75) is 39.9 Å². The van der Waals surface area contributed by atoms with Gasteiger partial charge >= 0.3 is 0 Å². The number of nitrogens with zero attached hydrogens (tertiary/aromatic N) is 2. The van der Waals surface area contributed by atoms with Gasteiger partial charge in [-0.15, -0.1) is 0 Å². The molecule has 2 aromatic carbocycles. The minimum Gasteiger partial charge on any atom is -0.256 e. The zero-order valence-electron chi connectivity index (χ0n) is 17.5. The summed E-state index contributed by atoms with van der Waals surface area (Å²) < 4.78 is 0. The number of benzene rings is 2. The van der Waals surface area contributed by atoms with Crippen molar-refractivity contribution in [2.24, 2.45) is 5.92 Å². The molecule has 0 fully saturated rings. The lowest BCUT2D eigenvalue weighted by molar-refractivity contribution is 0.649. The molecule has 3 heteroatoms. The lowest BCUT2D eigenvalue weighted by Crippen LogP contribution is -2.40. The number of hydrogen-bond acceptors (Lipinski definition) is 2. The molecule has 0 saturated heterocycles. The summed E-state index contributed by atoms with van der Waals surface area (Å²) in [4.78, 5) is 4.83. The van der Waals surface area contributed by atoms with Gasteiger partial charge in [0.05, 0.1) is 25.4 Å². The normalized spacial score (nSPS) is 11.5. The zero-order chi connectivity index (χ0) is 20.3. The topological polar surface area (TPSA) is 36.7 Å². The highest BCUT2D eigenvalue weighted by molar-refractivity contribution is 6.89. The van der Waals surface area contributed by atoms with Crippen molar-refractivity contribution >= 4 is 13.3 Å². The summed E-state index contributed by atoms with van der Waals surface area (Å²) >= 11 is 0. The van der Waals surface area contributed by atoms with Crippen LogP contribution >= 0.6 is 0 Å². The Morgan fingerprint density at radius 3 is 2.29 bits per heavy atom. The summed E-state index contributed by atoms with van der Waals surface area (Å²) in [5.41, 5.74) is 6.18. The van der Waals surface area contributed by atoms with E-state index in [4.69, 9.17) is 4.98 Å². The van der Waals surface area contributed by atoms with Crippen LogP contribution in [-0.4, -0.2) is 13.1 Å². The fourth-order valence-electron chi connectivity index (χ4n) is 3.60. The largest absolute Gasteiger partial charge is 0.256 e. The maximum atomic E-state index is 9.55. The average Bonchev–Trinajstić information content (AvgIpc) is 2.66. The second kappa shape index (κ2) is 8.12. The monoisotopic (exact) mass is 384 g/mol. The van der Waals surface area contributed by atoms with Gasteiger partial charge in [0.1, 0.15) is 0 Å². The van der Waals surface area contributed by atoms with Crippen molar-refractivity contribution in [3.05, 3.63) is 71.9 Å². The Morgan fingerprint density at radius 2 is 1.68 bits per heavy atom. The van der Waals surface area contributed by atoms with Crippen molar-refractivity contribution < 1.29 is 0 Å². The van der Waals surface area contributed by atoms with Crippen molar-refractivity contribution in [3.8, 4) is 28.5 Å². The van der Waals surface area contributed by atoms with Crippen molar-refractivity contribution in [2.75, 3.05) is 0 Å². The molecule has 142 valence electrons. The van der Waals surface area contributed by atoms with Gasteiger partial charge in [-0.1, -0.05) is 69.9 Å². The summed E-state index contributed by atoms with van der Waals surface area (Å²) in [5, 5.41) is 11.0. The van der Waals surface area contributed by atoms with E-state index in [1.807, 2.05) is 42.5 Å². The first-order valence-electron chi connectivity index (χ1n) is 9.89. The second-order valence-corrected chi connectivity index (χ2v) is 13.9. The van der Waals surface area contributed by atoms with Gasteiger partial charge in [-0.2, -0.15) is 5.26 Å². The number of nitriles is 1. The molecule has 3 aromatic rings. The molecule has 2 nitrogen and oxygen atoms in total. The van der Waals surface area contributed by atoms with Gasteiger partial charge in [0.25, 0.3) is 0 Å². The third-order valence-corrected chi connectivity index (χ3v) is 7.01. The lowest BCUT2D eigenvalue weighted by atomic mass is 9.95.